The Kier molecular flexibility index (Phi) is 3.91. The molecule has 4 heteroatoms. The first-order valence-electron chi connectivity index (χ1n) is 5.64. The molecule has 94 valence electrons. The summed E-state index contributed by atoms with van der Waals surface area (Å²) in [5.74, 6) is 2.56. The van der Waals surface area contributed by atoms with Crippen molar-refractivity contribution in [2.75, 3.05) is 0 Å². The highest BCUT2D eigenvalue weighted by Crippen LogP contribution is 2.25. The minimum Gasteiger partial charge on any atom is -0.508 e. The fraction of sp³-hybridized carbons (Fsp3) is 0.0667. The Labute approximate surface area is 111 Å². The zero-order valence-corrected chi connectivity index (χ0v) is 10.1. The van der Waals surface area contributed by atoms with Crippen LogP contribution in [0.3, 0.4) is 0 Å². The fourth-order valence-electron chi connectivity index (χ4n) is 1.53. The number of aliphatic hydroxyl groups excluding tert-OH is 1. The van der Waals surface area contributed by atoms with Gasteiger partial charge in [-0.3, -0.25) is 0 Å². The smallest absolute Gasteiger partial charge is 0.121 e. The van der Waals surface area contributed by atoms with E-state index in [2.05, 4.69) is 16.1 Å². The minimum atomic E-state index is -0.248. The lowest BCUT2D eigenvalue weighted by molar-refractivity contribution is 0.275. The number of phenols is 1. The summed E-state index contributed by atoms with van der Waals surface area (Å²) in [5, 5.41) is 26.6. The molecule has 0 aromatic heterocycles. The number of aliphatic hydroxyl groups is 1. The number of terminal acetylenes is 1. The lowest BCUT2D eigenvalue weighted by atomic mass is 10.2. The molecular weight excluding hydrogens is 240 g/mol. The third-order valence-corrected chi connectivity index (χ3v) is 2.53. The van der Waals surface area contributed by atoms with Gasteiger partial charge in [0, 0.05) is 11.1 Å². The SMILES string of the molecule is C#Cc1cccc(N=Nc2ccc(O)c(CO)c2)c1. The molecule has 0 fully saturated rings. The number of aromatic hydroxyl groups is 1. The van der Waals surface area contributed by atoms with E-state index in [1.807, 2.05) is 6.07 Å². The van der Waals surface area contributed by atoms with E-state index in [-0.39, 0.29) is 12.4 Å². The van der Waals surface area contributed by atoms with Crippen LogP contribution < -0.4 is 0 Å². The molecule has 2 aromatic carbocycles. The van der Waals surface area contributed by atoms with E-state index in [0.717, 1.165) is 5.56 Å². The molecule has 0 saturated heterocycles. The number of azo groups is 1. The Morgan fingerprint density at radius 3 is 2.47 bits per heavy atom. The lowest BCUT2D eigenvalue weighted by Gasteiger charge is -2.01. The van der Waals surface area contributed by atoms with Gasteiger partial charge in [0.2, 0.25) is 0 Å². The largest absolute Gasteiger partial charge is 0.508 e. The summed E-state index contributed by atoms with van der Waals surface area (Å²) >= 11 is 0. The first kappa shape index (κ1) is 12.8. The molecule has 0 heterocycles. The molecule has 2 N–H and O–H groups in total. The van der Waals surface area contributed by atoms with Crippen molar-refractivity contribution in [2.24, 2.45) is 10.2 Å². The highest BCUT2D eigenvalue weighted by molar-refractivity contribution is 5.48. The molecule has 0 unspecified atom stereocenters. The molecular formula is C15H12N2O2. The van der Waals surface area contributed by atoms with Crippen molar-refractivity contribution in [2.45, 2.75) is 6.61 Å². The molecule has 2 aromatic rings. The van der Waals surface area contributed by atoms with Crippen molar-refractivity contribution in [1.29, 1.82) is 0 Å². The van der Waals surface area contributed by atoms with E-state index < -0.39 is 0 Å². The van der Waals surface area contributed by atoms with Crippen LogP contribution in [0.15, 0.2) is 52.7 Å². The van der Waals surface area contributed by atoms with Gasteiger partial charge in [0.1, 0.15) is 5.75 Å². The summed E-state index contributed by atoms with van der Waals surface area (Å²) in [7, 11) is 0. The molecule has 0 aliphatic heterocycles. The van der Waals surface area contributed by atoms with Gasteiger partial charge in [-0.05, 0) is 36.4 Å². The van der Waals surface area contributed by atoms with Gasteiger partial charge < -0.3 is 10.2 Å². The number of rotatable bonds is 3. The third kappa shape index (κ3) is 3.18. The van der Waals surface area contributed by atoms with E-state index in [1.54, 1.807) is 30.3 Å². The number of nitrogens with zero attached hydrogens (tertiary/aromatic N) is 2. The maximum absolute atomic E-state index is 9.43. The third-order valence-electron chi connectivity index (χ3n) is 2.53. The number of hydrogen-bond acceptors (Lipinski definition) is 4. The molecule has 4 nitrogen and oxygen atoms in total. The van der Waals surface area contributed by atoms with Crippen LogP contribution in [-0.4, -0.2) is 10.2 Å². The summed E-state index contributed by atoms with van der Waals surface area (Å²) in [4.78, 5) is 0. The van der Waals surface area contributed by atoms with E-state index in [4.69, 9.17) is 11.5 Å². The van der Waals surface area contributed by atoms with Crippen LogP contribution in [0, 0.1) is 12.3 Å². The zero-order valence-electron chi connectivity index (χ0n) is 10.1. The van der Waals surface area contributed by atoms with Crippen LogP contribution >= 0.6 is 0 Å². The zero-order chi connectivity index (χ0) is 13.7. The van der Waals surface area contributed by atoms with E-state index in [1.165, 1.54) is 6.07 Å². The Bertz CT molecular complexity index is 657. The van der Waals surface area contributed by atoms with Crippen molar-refractivity contribution in [3.05, 3.63) is 53.6 Å². The molecule has 0 atom stereocenters. The molecule has 0 radical (unpaired) electrons. The average Bonchev–Trinajstić information content (AvgIpc) is 2.46. The number of benzene rings is 2. The quantitative estimate of drug-likeness (QED) is 0.650. The van der Waals surface area contributed by atoms with Crippen molar-refractivity contribution >= 4 is 11.4 Å². The van der Waals surface area contributed by atoms with Crippen LogP contribution in [0.1, 0.15) is 11.1 Å². The maximum Gasteiger partial charge on any atom is 0.121 e. The summed E-state index contributed by atoms with van der Waals surface area (Å²) in [6.45, 7) is -0.248. The summed E-state index contributed by atoms with van der Waals surface area (Å²) in [5.41, 5.74) is 2.34. The standard InChI is InChI=1S/C15H12N2O2/c1-2-11-4-3-5-13(8-11)16-17-14-6-7-15(19)12(9-14)10-18/h1,3-9,18-19H,10H2. The Balaban J connectivity index is 2.25. The van der Waals surface area contributed by atoms with E-state index in [0.29, 0.717) is 16.9 Å². The van der Waals surface area contributed by atoms with Crippen molar-refractivity contribution in [3.63, 3.8) is 0 Å². The molecule has 0 amide bonds. The van der Waals surface area contributed by atoms with Crippen LogP contribution in [-0.2, 0) is 6.61 Å². The highest BCUT2D eigenvalue weighted by atomic mass is 16.3. The molecule has 0 spiro atoms. The Hall–Kier alpha value is -2.64. The summed E-state index contributed by atoms with van der Waals surface area (Å²) in [6, 6.07) is 11.8. The molecule has 2 rings (SSSR count). The van der Waals surface area contributed by atoms with Crippen LogP contribution in [0.25, 0.3) is 0 Å². The van der Waals surface area contributed by atoms with Crippen molar-refractivity contribution < 1.29 is 10.2 Å². The summed E-state index contributed by atoms with van der Waals surface area (Å²) in [6.07, 6.45) is 5.30. The fourth-order valence-corrected chi connectivity index (χ4v) is 1.53. The van der Waals surface area contributed by atoms with Gasteiger partial charge in [-0.15, -0.1) is 6.42 Å². The molecule has 0 aliphatic rings. The van der Waals surface area contributed by atoms with Gasteiger partial charge in [-0.2, -0.15) is 10.2 Å². The van der Waals surface area contributed by atoms with Gasteiger partial charge in [0.25, 0.3) is 0 Å². The average molecular weight is 252 g/mol. The topological polar surface area (TPSA) is 65.2 Å². The van der Waals surface area contributed by atoms with E-state index in [9.17, 15) is 5.11 Å². The van der Waals surface area contributed by atoms with Crippen LogP contribution in [0.5, 0.6) is 5.75 Å². The first-order valence-corrected chi connectivity index (χ1v) is 5.64. The first-order chi connectivity index (χ1) is 9.22. The van der Waals surface area contributed by atoms with Gasteiger partial charge in [-0.1, -0.05) is 12.0 Å². The second-order valence-electron chi connectivity index (χ2n) is 3.87. The second kappa shape index (κ2) is 5.80. The molecule has 0 aliphatic carbocycles. The lowest BCUT2D eigenvalue weighted by Crippen LogP contribution is -1.82. The van der Waals surface area contributed by atoms with Crippen molar-refractivity contribution in [3.8, 4) is 18.1 Å². The number of hydrogen-bond donors (Lipinski definition) is 2. The van der Waals surface area contributed by atoms with Gasteiger partial charge in [-0.25, -0.2) is 0 Å². The van der Waals surface area contributed by atoms with Gasteiger partial charge >= 0.3 is 0 Å². The Morgan fingerprint density at radius 2 is 1.79 bits per heavy atom. The van der Waals surface area contributed by atoms with Crippen molar-refractivity contribution in [1.82, 2.24) is 0 Å². The van der Waals surface area contributed by atoms with Gasteiger partial charge in [0.15, 0.2) is 0 Å². The maximum atomic E-state index is 9.43. The van der Waals surface area contributed by atoms with Crippen LogP contribution in [0.4, 0.5) is 11.4 Å². The Morgan fingerprint density at radius 1 is 1.05 bits per heavy atom. The van der Waals surface area contributed by atoms with Crippen LogP contribution in [0.2, 0.25) is 0 Å². The molecule has 19 heavy (non-hydrogen) atoms. The molecule has 0 bridgehead atoms. The minimum absolute atomic E-state index is 0.0378. The summed E-state index contributed by atoms with van der Waals surface area (Å²) < 4.78 is 0. The normalized spacial score (nSPS) is 10.5. The molecule has 0 saturated carbocycles. The van der Waals surface area contributed by atoms with E-state index >= 15 is 0 Å². The van der Waals surface area contributed by atoms with Gasteiger partial charge in [0.05, 0.1) is 18.0 Å². The predicted octanol–water partition coefficient (Wildman–Crippen LogP) is 3.28. The highest BCUT2D eigenvalue weighted by Gasteiger charge is 2.00. The predicted molar refractivity (Wildman–Crippen MR) is 72.6 cm³/mol. The second-order valence-corrected chi connectivity index (χ2v) is 3.87. The monoisotopic (exact) mass is 252 g/mol.